The number of ether oxygens (including phenoxy) is 1. The molecule has 0 spiro atoms. The first kappa shape index (κ1) is 17.3. The fraction of sp³-hybridized carbons (Fsp3) is 0.467. The van der Waals surface area contributed by atoms with Crippen LogP contribution in [0.15, 0.2) is 29.4 Å². The highest BCUT2D eigenvalue weighted by Crippen LogP contribution is 2.20. The number of hydrogen-bond acceptors (Lipinski definition) is 6. The molecule has 0 bridgehead atoms. The van der Waals surface area contributed by atoms with Gasteiger partial charge in [0.05, 0.1) is 18.6 Å². The maximum atomic E-state index is 12.0. The maximum Gasteiger partial charge on any atom is 0.230 e. The molecule has 8 heteroatoms. The van der Waals surface area contributed by atoms with E-state index in [0.29, 0.717) is 11.1 Å². The van der Waals surface area contributed by atoms with E-state index >= 15 is 0 Å². The van der Waals surface area contributed by atoms with Crippen LogP contribution in [0.5, 0.6) is 5.75 Å². The van der Waals surface area contributed by atoms with E-state index in [0.717, 1.165) is 11.4 Å². The van der Waals surface area contributed by atoms with Crippen LogP contribution >= 0.6 is 11.8 Å². The summed E-state index contributed by atoms with van der Waals surface area (Å²) in [6.07, 6.45) is 0. The summed E-state index contributed by atoms with van der Waals surface area (Å²) in [7, 11) is 1.62. The molecule has 1 aromatic heterocycles. The van der Waals surface area contributed by atoms with Crippen molar-refractivity contribution in [3.05, 3.63) is 24.3 Å². The second kappa shape index (κ2) is 7.96. The van der Waals surface area contributed by atoms with Crippen LogP contribution in [0.1, 0.15) is 20.8 Å². The zero-order valence-electron chi connectivity index (χ0n) is 13.7. The van der Waals surface area contributed by atoms with E-state index in [1.807, 2.05) is 31.2 Å². The summed E-state index contributed by atoms with van der Waals surface area (Å²) >= 11 is 1.30. The lowest BCUT2D eigenvalue weighted by molar-refractivity contribution is -0.119. The van der Waals surface area contributed by atoms with Crippen molar-refractivity contribution in [3.8, 4) is 11.4 Å². The summed E-state index contributed by atoms with van der Waals surface area (Å²) in [6, 6.07) is 7.53. The SMILES string of the molecule is COc1ccc(-n2nnnc2SCC(=O)N[C@@H](C)C(C)C)cc1. The van der Waals surface area contributed by atoms with Gasteiger partial charge in [-0.1, -0.05) is 25.6 Å². The molecule has 0 radical (unpaired) electrons. The zero-order chi connectivity index (χ0) is 16.8. The Morgan fingerprint density at radius 1 is 1.30 bits per heavy atom. The van der Waals surface area contributed by atoms with Gasteiger partial charge in [0.25, 0.3) is 0 Å². The van der Waals surface area contributed by atoms with E-state index in [2.05, 4.69) is 34.7 Å². The minimum absolute atomic E-state index is 0.0273. The highest BCUT2D eigenvalue weighted by Gasteiger charge is 2.14. The number of rotatable bonds is 7. The number of aromatic nitrogens is 4. The third kappa shape index (κ3) is 4.69. The Hall–Kier alpha value is -2.09. The standard InChI is InChI=1S/C15H21N5O2S/c1-10(2)11(3)16-14(21)9-23-15-17-18-19-20(15)12-5-7-13(22-4)8-6-12/h5-8,10-11H,9H2,1-4H3,(H,16,21)/t11-/m0/s1. The predicted molar refractivity (Wildman–Crippen MR) is 88.9 cm³/mol. The van der Waals surface area contributed by atoms with Gasteiger partial charge in [-0.25, -0.2) is 0 Å². The Bertz CT molecular complexity index is 642. The molecule has 1 amide bonds. The van der Waals surface area contributed by atoms with Crippen molar-refractivity contribution < 1.29 is 9.53 Å². The number of nitrogens with one attached hydrogen (secondary N) is 1. The van der Waals surface area contributed by atoms with E-state index in [9.17, 15) is 4.79 Å². The minimum atomic E-state index is -0.0273. The molecule has 1 atom stereocenters. The largest absolute Gasteiger partial charge is 0.497 e. The topological polar surface area (TPSA) is 81.9 Å². The fourth-order valence-corrected chi connectivity index (χ4v) is 2.45. The van der Waals surface area contributed by atoms with E-state index in [1.165, 1.54) is 11.8 Å². The maximum absolute atomic E-state index is 12.0. The average molecular weight is 335 g/mol. The number of nitrogens with zero attached hydrogens (tertiary/aromatic N) is 4. The van der Waals surface area contributed by atoms with Crippen LogP contribution < -0.4 is 10.1 Å². The molecule has 0 saturated carbocycles. The summed E-state index contributed by atoms with van der Waals surface area (Å²) in [4.78, 5) is 12.0. The monoisotopic (exact) mass is 335 g/mol. The summed E-state index contributed by atoms with van der Waals surface area (Å²) < 4.78 is 6.73. The molecule has 2 rings (SSSR count). The van der Waals surface area contributed by atoms with Crippen LogP contribution in [0.2, 0.25) is 0 Å². The third-order valence-electron chi connectivity index (χ3n) is 3.48. The lowest BCUT2D eigenvalue weighted by Gasteiger charge is -2.17. The molecule has 7 nitrogen and oxygen atoms in total. The van der Waals surface area contributed by atoms with E-state index in [1.54, 1.807) is 11.8 Å². The molecule has 0 fully saturated rings. The number of carbonyl (C=O) groups is 1. The molecule has 1 aromatic carbocycles. The highest BCUT2D eigenvalue weighted by atomic mass is 32.2. The van der Waals surface area contributed by atoms with Crippen molar-refractivity contribution in [2.45, 2.75) is 32.0 Å². The van der Waals surface area contributed by atoms with Crippen molar-refractivity contribution in [1.82, 2.24) is 25.5 Å². The fourth-order valence-electron chi connectivity index (χ4n) is 1.75. The van der Waals surface area contributed by atoms with Crippen molar-refractivity contribution in [1.29, 1.82) is 0 Å². The second-order valence-electron chi connectivity index (χ2n) is 5.46. The first-order valence-electron chi connectivity index (χ1n) is 7.36. The Kier molecular flexibility index (Phi) is 5.97. The highest BCUT2D eigenvalue weighted by molar-refractivity contribution is 7.99. The van der Waals surface area contributed by atoms with Crippen molar-refractivity contribution in [3.63, 3.8) is 0 Å². The molecule has 0 aliphatic heterocycles. The molecule has 1 N–H and O–H groups in total. The van der Waals surface area contributed by atoms with Gasteiger partial charge in [-0.2, -0.15) is 4.68 Å². The summed E-state index contributed by atoms with van der Waals surface area (Å²) in [5.41, 5.74) is 0.814. The Morgan fingerprint density at radius 3 is 2.61 bits per heavy atom. The lowest BCUT2D eigenvalue weighted by atomic mass is 10.1. The molecule has 0 aliphatic carbocycles. The second-order valence-corrected chi connectivity index (χ2v) is 6.40. The Morgan fingerprint density at radius 2 is 2.00 bits per heavy atom. The van der Waals surface area contributed by atoms with Crippen molar-refractivity contribution in [2.24, 2.45) is 5.92 Å². The van der Waals surface area contributed by atoms with Gasteiger partial charge < -0.3 is 10.1 Å². The van der Waals surface area contributed by atoms with Crippen molar-refractivity contribution in [2.75, 3.05) is 12.9 Å². The summed E-state index contributed by atoms with van der Waals surface area (Å²) in [6.45, 7) is 6.14. The van der Waals surface area contributed by atoms with Crippen LogP contribution in [-0.4, -0.2) is 45.0 Å². The molecular weight excluding hydrogens is 314 g/mol. The van der Waals surface area contributed by atoms with E-state index in [4.69, 9.17) is 4.74 Å². The van der Waals surface area contributed by atoms with Crippen LogP contribution in [0.4, 0.5) is 0 Å². The summed E-state index contributed by atoms with van der Waals surface area (Å²) in [5.74, 6) is 1.40. The van der Waals surface area contributed by atoms with Gasteiger partial charge in [0.1, 0.15) is 5.75 Å². The number of amides is 1. The number of hydrogen-bond donors (Lipinski definition) is 1. The van der Waals surface area contributed by atoms with Crippen LogP contribution in [0.25, 0.3) is 5.69 Å². The first-order chi connectivity index (χ1) is 11.0. The number of carbonyl (C=O) groups excluding carboxylic acids is 1. The van der Waals surface area contributed by atoms with Gasteiger partial charge in [-0.15, -0.1) is 5.10 Å². The molecule has 2 aromatic rings. The third-order valence-corrected chi connectivity index (χ3v) is 4.40. The van der Waals surface area contributed by atoms with E-state index < -0.39 is 0 Å². The average Bonchev–Trinajstić information content (AvgIpc) is 3.01. The quantitative estimate of drug-likeness (QED) is 0.779. The molecule has 0 saturated heterocycles. The normalized spacial score (nSPS) is 12.2. The van der Waals surface area contributed by atoms with Crippen LogP contribution in [0.3, 0.4) is 0 Å². The van der Waals surface area contributed by atoms with Crippen LogP contribution in [0, 0.1) is 5.92 Å². The molecule has 0 unspecified atom stereocenters. The Balaban J connectivity index is 1.99. The molecule has 0 aliphatic rings. The van der Waals surface area contributed by atoms with E-state index in [-0.39, 0.29) is 17.7 Å². The molecular formula is C15H21N5O2S. The number of tetrazole rings is 1. The zero-order valence-corrected chi connectivity index (χ0v) is 14.5. The van der Waals surface area contributed by atoms with Gasteiger partial charge >= 0.3 is 0 Å². The molecule has 23 heavy (non-hydrogen) atoms. The number of benzene rings is 1. The minimum Gasteiger partial charge on any atom is -0.497 e. The van der Waals surface area contributed by atoms with Gasteiger partial charge in [-0.3, -0.25) is 4.79 Å². The predicted octanol–water partition coefficient (Wildman–Crippen LogP) is 1.92. The summed E-state index contributed by atoms with van der Waals surface area (Å²) in [5, 5.41) is 15.2. The lowest BCUT2D eigenvalue weighted by Crippen LogP contribution is -2.37. The smallest absolute Gasteiger partial charge is 0.230 e. The Labute approximate surface area is 139 Å². The van der Waals surface area contributed by atoms with Gasteiger partial charge in [-0.05, 0) is 47.5 Å². The van der Waals surface area contributed by atoms with Gasteiger partial charge in [0, 0.05) is 6.04 Å². The number of thioether (sulfide) groups is 1. The van der Waals surface area contributed by atoms with Gasteiger partial charge in [0.2, 0.25) is 11.1 Å². The van der Waals surface area contributed by atoms with Gasteiger partial charge in [0.15, 0.2) is 0 Å². The molecule has 124 valence electrons. The first-order valence-corrected chi connectivity index (χ1v) is 8.34. The number of methoxy groups -OCH3 is 1. The van der Waals surface area contributed by atoms with Crippen molar-refractivity contribution >= 4 is 17.7 Å². The molecule has 1 heterocycles. The van der Waals surface area contributed by atoms with Crippen LogP contribution in [-0.2, 0) is 4.79 Å².